The molecule has 0 N–H and O–H groups in total. The van der Waals surface area contributed by atoms with Gasteiger partial charge in [-0.3, -0.25) is 4.79 Å². The zero-order chi connectivity index (χ0) is 9.14. The molecule has 1 heterocycles. The van der Waals surface area contributed by atoms with Crippen LogP contribution in [0.2, 0.25) is 0 Å². The molecule has 0 atom stereocenters. The molecule has 1 rings (SSSR count). The zero-order valence-corrected chi connectivity index (χ0v) is 7.04. The van der Waals surface area contributed by atoms with Crippen molar-refractivity contribution in [3.05, 3.63) is 29.8 Å². The van der Waals surface area contributed by atoms with Gasteiger partial charge in [-0.05, 0) is 12.1 Å². The lowest BCUT2D eigenvalue weighted by molar-refractivity contribution is 0.0934. The van der Waals surface area contributed by atoms with Crippen LogP contribution in [0.1, 0.15) is 24.2 Å². The maximum atomic E-state index is 12.9. The van der Waals surface area contributed by atoms with Gasteiger partial charge in [-0.2, -0.15) is 4.39 Å². The van der Waals surface area contributed by atoms with Crippen molar-refractivity contribution < 1.29 is 9.18 Å². The predicted octanol–water partition coefficient (Wildman–Crippen LogP) is 2.06. The van der Waals surface area contributed by atoms with E-state index in [0.29, 0.717) is 0 Å². The maximum Gasteiger partial charge on any atom is 0.223 e. The molecule has 64 valence electrons. The van der Waals surface area contributed by atoms with E-state index in [0.717, 1.165) is 0 Å². The smallest absolute Gasteiger partial charge is 0.223 e. The van der Waals surface area contributed by atoms with Crippen molar-refractivity contribution in [1.29, 1.82) is 0 Å². The number of carbonyl (C=O) groups is 1. The van der Waals surface area contributed by atoms with Gasteiger partial charge in [0.05, 0.1) is 5.56 Å². The normalized spacial score (nSPS) is 10.3. The highest BCUT2D eigenvalue weighted by molar-refractivity contribution is 5.97. The summed E-state index contributed by atoms with van der Waals surface area (Å²) in [4.78, 5) is 14.7. The zero-order valence-electron chi connectivity index (χ0n) is 7.04. The van der Waals surface area contributed by atoms with Crippen molar-refractivity contribution in [1.82, 2.24) is 4.98 Å². The molecule has 0 aliphatic carbocycles. The SMILES string of the molecule is CC(C)C(=O)c1cccnc1F. The Balaban J connectivity index is 3.03. The second-order valence-corrected chi connectivity index (χ2v) is 2.86. The minimum Gasteiger partial charge on any atom is -0.294 e. The number of ketones is 1. The number of nitrogens with zero attached hydrogens (tertiary/aromatic N) is 1. The van der Waals surface area contributed by atoms with Crippen LogP contribution in [0.15, 0.2) is 18.3 Å². The number of hydrogen-bond donors (Lipinski definition) is 0. The molecule has 0 unspecified atom stereocenters. The second kappa shape index (κ2) is 3.43. The quantitative estimate of drug-likeness (QED) is 0.498. The third-order valence-corrected chi connectivity index (χ3v) is 1.55. The minimum absolute atomic E-state index is 0.0764. The highest BCUT2D eigenvalue weighted by Crippen LogP contribution is 2.09. The number of hydrogen-bond acceptors (Lipinski definition) is 2. The highest BCUT2D eigenvalue weighted by atomic mass is 19.1. The molecule has 0 aliphatic heterocycles. The van der Waals surface area contributed by atoms with E-state index in [1.54, 1.807) is 19.9 Å². The first-order valence-electron chi connectivity index (χ1n) is 3.77. The monoisotopic (exact) mass is 167 g/mol. The molecule has 2 nitrogen and oxygen atoms in total. The Hall–Kier alpha value is -1.25. The van der Waals surface area contributed by atoms with Crippen LogP contribution in [0, 0.1) is 11.9 Å². The fourth-order valence-electron chi connectivity index (χ4n) is 0.881. The number of carbonyl (C=O) groups excluding carboxylic acids is 1. The second-order valence-electron chi connectivity index (χ2n) is 2.86. The molecule has 0 fully saturated rings. The number of halogens is 1. The summed E-state index contributed by atoms with van der Waals surface area (Å²) in [5, 5.41) is 0. The van der Waals surface area contributed by atoms with Gasteiger partial charge in [-0.1, -0.05) is 13.8 Å². The van der Waals surface area contributed by atoms with E-state index in [1.807, 2.05) is 0 Å². The first-order chi connectivity index (χ1) is 5.63. The molecule has 0 amide bonds. The Bertz CT molecular complexity index is 296. The van der Waals surface area contributed by atoms with E-state index < -0.39 is 5.95 Å². The van der Waals surface area contributed by atoms with Crippen LogP contribution in [-0.2, 0) is 0 Å². The standard InChI is InChI=1S/C9H10FNO/c1-6(2)8(12)7-4-3-5-11-9(7)10/h3-6H,1-2H3. The molecule has 0 spiro atoms. The lowest BCUT2D eigenvalue weighted by Gasteiger charge is -2.03. The van der Waals surface area contributed by atoms with Crippen molar-refractivity contribution in [3.8, 4) is 0 Å². The summed E-state index contributed by atoms with van der Waals surface area (Å²) in [5.74, 6) is -1.08. The summed E-state index contributed by atoms with van der Waals surface area (Å²) in [6.45, 7) is 3.46. The maximum absolute atomic E-state index is 12.9. The lowest BCUT2D eigenvalue weighted by Crippen LogP contribution is -2.10. The number of aromatic nitrogens is 1. The fourth-order valence-corrected chi connectivity index (χ4v) is 0.881. The van der Waals surface area contributed by atoms with Gasteiger partial charge in [-0.15, -0.1) is 0 Å². The van der Waals surface area contributed by atoms with Crippen molar-refractivity contribution in [2.24, 2.45) is 5.92 Å². The van der Waals surface area contributed by atoms with Crippen molar-refractivity contribution in [3.63, 3.8) is 0 Å². The van der Waals surface area contributed by atoms with Gasteiger partial charge in [0.2, 0.25) is 5.95 Å². The molecular weight excluding hydrogens is 157 g/mol. The first kappa shape index (κ1) is 8.84. The van der Waals surface area contributed by atoms with Crippen molar-refractivity contribution in [2.45, 2.75) is 13.8 Å². The molecule has 0 saturated carbocycles. The van der Waals surface area contributed by atoms with E-state index in [9.17, 15) is 9.18 Å². The Labute approximate surface area is 70.4 Å². The lowest BCUT2D eigenvalue weighted by atomic mass is 10.0. The molecule has 1 aromatic rings. The summed E-state index contributed by atoms with van der Waals surface area (Å²) in [7, 11) is 0. The third-order valence-electron chi connectivity index (χ3n) is 1.55. The summed E-state index contributed by atoms with van der Waals surface area (Å²) >= 11 is 0. The third kappa shape index (κ3) is 1.67. The number of Topliss-reactive ketones (excluding diaryl/α,β-unsaturated/α-hetero) is 1. The summed E-state index contributed by atoms with van der Waals surface area (Å²) in [6.07, 6.45) is 1.33. The van der Waals surface area contributed by atoms with E-state index >= 15 is 0 Å². The summed E-state index contributed by atoms with van der Waals surface area (Å²) < 4.78 is 12.9. The van der Waals surface area contributed by atoms with E-state index in [-0.39, 0.29) is 17.3 Å². The first-order valence-corrected chi connectivity index (χ1v) is 3.77. The molecule has 3 heteroatoms. The molecule has 12 heavy (non-hydrogen) atoms. The molecule has 0 saturated heterocycles. The summed E-state index contributed by atoms with van der Waals surface area (Å²) in [6, 6.07) is 3.00. The van der Waals surface area contributed by atoms with Crippen LogP contribution in [0.3, 0.4) is 0 Å². The Morgan fingerprint density at radius 1 is 1.58 bits per heavy atom. The van der Waals surface area contributed by atoms with Crippen LogP contribution in [0.25, 0.3) is 0 Å². The van der Waals surface area contributed by atoms with E-state index in [2.05, 4.69) is 4.98 Å². The van der Waals surface area contributed by atoms with Gasteiger partial charge in [-0.25, -0.2) is 4.98 Å². The Kier molecular flexibility index (Phi) is 2.53. The largest absolute Gasteiger partial charge is 0.294 e. The average Bonchev–Trinajstić information content (AvgIpc) is 2.04. The van der Waals surface area contributed by atoms with Crippen LogP contribution in [0.4, 0.5) is 4.39 Å². The minimum atomic E-state index is -0.684. The molecule has 1 aromatic heterocycles. The summed E-state index contributed by atoms with van der Waals surface area (Å²) in [5.41, 5.74) is 0.0764. The highest BCUT2D eigenvalue weighted by Gasteiger charge is 2.14. The van der Waals surface area contributed by atoms with Crippen molar-refractivity contribution >= 4 is 5.78 Å². The van der Waals surface area contributed by atoms with Gasteiger partial charge < -0.3 is 0 Å². The van der Waals surface area contributed by atoms with Gasteiger partial charge in [0.25, 0.3) is 0 Å². The molecule has 0 bridgehead atoms. The van der Waals surface area contributed by atoms with Crippen molar-refractivity contribution in [2.75, 3.05) is 0 Å². The van der Waals surface area contributed by atoms with E-state index in [4.69, 9.17) is 0 Å². The van der Waals surface area contributed by atoms with Crippen LogP contribution in [-0.4, -0.2) is 10.8 Å². The van der Waals surface area contributed by atoms with Crippen LogP contribution in [0.5, 0.6) is 0 Å². The van der Waals surface area contributed by atoms with Gasteiger partial charge >= 0.3 is 0 Å². The Morgan fingerprint density at radius 2 is 2.25 bits per heavy atom. The number of rotatable bonds is 2. The number of pyridine rings is 1. The molecule has 0 aliphatic rings. The molecular formula is C9H10FNO. The molecule has 0 aromatic carbocycles. The average molecular weight is 167 g/mol. The van der Waals surface area contributed by atoms with Gasteiger partial charge in [0, 0.05) is 12.1 Å². The van der Waals surface area contributed by atoms with Gasteiger partial charge in [0.15, 0.2) is 5.78 Å². The molecule has 0 radical (unpaired) electrons. The van der Waals surface area contributed by atoms with Gasteiger partial charge in [0.1, 0.15) is 0 Å². The topological polar surface area (TPSA) is 30.0 Å². The van der Waals surface area contributed by atoms with Crippen LogP contribution >= 0.6 is 0 Å². The van der Waals surface area contributed by atoms with E-state index in [1.165, 1.54) is 12.3 Å². The fraction of sp³-hybridized carbons (Fsp3) is 0.333. The van der Waals surface area contributed by atoms with Crippen LogP contribution < -0.4 is 0 Å². The Morgan fingerprint density at radius 3 is 2.75 bits per heavy atom. The predicted molar refractivity (Wildman–Crippen MR) is 43.4 cm³/mol.